The Morgan fingerprint density at radius 1 is 0.857 bits per heavy atom. The lowest BCUT2D eigenvalue weighted by Crippen LogP contribution is -2.66. The van der Waals surface area contributed by atoms with Crippen molar-refractivity contribution in [2.24, 2.45) is 28.6 Å². The van der Waals surface area contributed by atoms with Gasteiger partial charge in [-0.15, -0.1) is 0 Å². The Morgan fingerprint density at radius 2 is 1.52 bits per heavy atom. The highest BCUT2D eigenvalue weighted by atomic mass is 16.8. The topological polar surface area (TPSA) is 270 Å². The number of carbonyl (C=O) groups is 2. The van der Waals surface area contributed by atoms with Crippen LogP contribution in [0.2, 0.25) is 0 Å². The molecule has 6 fully saturated rings. The van der Waals surface area contributed by atoms with Gasteiger partial charge in [0.05, 0.1) is 37.1 Å². The second kappa shape index (κ2) is 19.0. The molecule has 0 bridgehead atoms. The highest BCUT2D eigenvalue weighted by Gasteiger charge is 2.71. The minimum Gasteiger partial charge on any atom is -0.458 e. The zero-order chi connectivity index (χ0) is 45.9. The summed E-state index contributed by atoms with van der Waals surface area (Å²) in [5.41, 5.74) is -0.715. The lowest BCUT2D eigenvalue weighted by atomic mass is 9.45. The summed E-state index contributed by atoms with van der Waals surface area (Å²) in [4.78, 5) is 26.3. The van der Waals surface area contributed by atoms with Crippen LogP contribution in [-0.4, -0.2) is 177 Å². The van der Waals surface area contributed by atoms with Gasteiger partial charge >= 0.3 is 5.97 Å². The van der Waals surface area contributed by atoms with Crippen LogP contribution in [0.1, 0.15) is 92.9 Å². The maximum atomic E-state index is 13.3. The summed E-state index contributed by atoms with van der Waals surface area (Å²) in [6.07, 6.45) is -10.7. The number of rotatable bonds is 12. The van der Waals surface area contributed by atoms with Crippen molar-refractivity contribution >= 4 is 11.8 Å². The summed E-state index contributed by atoms with van der Waals surface area (Å²) in [7, 11) is 1.51. The molecule has 0 radical (unpaired) electrons. The van der Waals surface area contributed by atoms with Crippen molar-refractivity contribution in [1.82, 2.24) is 0 Å². The van der Waals surface area contributed by atoms with E-state index in [9.17, 15) is 50.4 Å². The van der Waals surface area contributed by atoms with Crippen LogP contribution >= 0.6 is 0 Å². The van der Waals surface area contributed by atoms with Crippen LogP contribution in [0, 0.1) is 28.6 Å². The van der Waals surface area contributed by atoms with Crippen LogP contribution in [0.5, 0.6) is 0 Å². The number of hydrogen-bond donors (Lipinski definition) is 8. The van der Waals surface area contributed by atoms with Crippen LogP contribution in [-0.2, 0) is 47.5 Å². The lowest BCUT2D eigenvalue weighted by Gasteiger charge is -2.63. The third-order valence-corrected chi connectivity index (χ3v) is 16.3. The number of Topliss-reactive ketones (excluding diaryl/α,β-unsaturated/α-hetero) is 1. The average Bonchev–Trinajstić information content (AvgIpc) is 3.55. The highest BCUT2D eigenvalue weighted by Crippen LogP contribution is 2.68. The van der Waals surface area contributed by atoms with Crippen LogP contribution in [0.3, 0.4) is 0 Å². The van der Waals surface area contributed by atoms with E-state index in [2.05, 4.69) is 13.0 Å². The van der Waals surface area contributed by atoms with Crippen molar-refractivity contribution in [3.05, 3.63) is 23.3 Å². The largest absolute Gasteiger partial charge is 0.458 e. The smallest absolute Gasteiger partial charge is 0.333 e. The SMILES string of the molecule is C/C=C(\C)C(=O)O[C@@H]1C[C@H]2[C@@H](CC=C3C[C@@H](O[C@H]4C[C@H](OC)[C@H](O[C@@H]5O[C@H](CO[C@@H]6O[C@H](CO)[C@H](O)[C@H](O)[C@H]6O)[C@H](O)[C@H](O)[C@H]5O)[C@@H](C)O4)CC[C@@]32C)[C@@]2(O)CC[C@H](C(C)=O)[C@@]12C. The number of hydrogen-bond acceptors (Lipinski definition) is 18. The van der Waals surface area contributed by atoms with E-state index >= 15 is 0 Å². The summed E-state index contributed by atoms with van der Waals surface area (Å²) >= 11 is 0. The molecule has 358 valence electrons. The van der Waals surface area contributed by atoms with Gasteiger partial charge in [0, 0.05) is 30.4 Å². The second-order valence-corrected chi connectivity index (χ2v) is 19.5. The van der Waals surface area contributed by atoms with Gasteiger partial charge in [0.2, 0.25) is 0 Å². The van der Waals surface area contributed by atoms with E-state index in [4.69, 9.17) is 37.9 Å². The predicted octanol–water partition coefficient (Wildman–Crippen LogP) is 0.302. The number of carbonyl (C=O) groups excluding carboxylic acids is 2. The van der Waals surface area contributed by atoms with E-state index in [0.717, 1.165) is 6.42 Å². The molecule has 0 aromatic heterocycles. The van der Waals surface area contributed by atoms with Gasteiger partial charge in [-0.2, -0.15) is 0 Å². The molecule has 0 aromatic carbocycles. The second-order valence-electron chi connectivity index (χ2n) is 19.5. The third-order valence-electron chi connectivity index (χ3n) is 16.3. The highest BCUT2D eigenvalue weighted by molar-refractivity contribution is 5.88. The molecule has 18 heteroatoms. The molecule has 0 amide bonds. The van der Waals surface area contributed by atoms with Gasteiger partial charge in [-0.1, -0.05) is 31.6 Å². The fourth-order valence-corrected chi connectivity index (χ4v) is 12.3. The summed E-state index contributed by atoms with van der Waals surface area (Å²) in [5.74, 6) is -0.955. The Hall–Kier alpha value is -1.98. The Labute approximate surface area is 368 Å². The molecule has 0 unspecified atom stereocenters. The maximum absolute atomic E-state index is 13.3. The van der Waals surface area contributed by atoms with Gasteiger partial charge in [0.15, 0.2) is 18.9 Å². The standard InChI is InChI=1S/C45H70O18/c1-8-20(2)40(54)62-31-16-27-26(45(55)14-12-25(21(3)47)44(31,45)6)10-9-23-15-24(11-13-43(23,27)5)59-32-17-28(56-7)39(22(4)58-32)63-42-38(53)36(51)34(49)30(61-42)19-57-41-37(52)35(50)33(48)29(18-46)60-41/h8-9,22,24-39,41-42,46,48-53,55H,10-19H2,1-7H3/b20-8+/t22-,24+,25-,26-,27+,28+,29-,30-,31-,32+,33+,34+,35+,36+,37-,38-,39-,41-,42+,43+,44+,45+/m1/s1. The van der Waals surface area contributed by atoms with Gasteiger partial charge in [-0.25, -0.2) is 4.79 Å². The van der Waals surface area contributed by atoms with Crippen molar-refractivity contribution in [3.63, 3.8) is 0 Å². The molecule has 22 atom stereocenters. The van der Waals surface area contributed by atoms with E-state index < -0.39 is 128 Å². The molecule has 18 nitrogen and oxygen atoms in total. The predicted molar refractivity (Wildman–Crippen MR) is 218 cm³/mol. The van der Waals surface area contributed by atoms with Crippen molar-refractivity contribution < 1.29 is 88.3 Å². The van der Waals surface area contributed by atoms with Gasteiger partial charge in [0.1, 0.15) is 66.8 Å². The number of ketones is 1. The van der Waals surface area contributed by atoms with Crippen molar-refractivity contribution in [1.29, 1.82) is 0 Å². The number of ether oxygens (including phenoxy) is 8. The molecule has 7 aliphatic rings. The number of aliphatic hydroxyl groups excluding tert-OH is 7. The van der Waals surface area contributed by atoms with E-state index in [1.807, 2.05) is 6.92 Å². The first-order chi connectivity index (χ1) is 29.7. The molecule has 3 heterocycles. The average molecular weight is 899 g/mol. The quantitative estimate of drug-likeness (QED) is 0.0744. The molecule has 4 aliphatic carbocycles. The molecule has 8 N–H and O–H groups in total. The van der Waals surface area contributed by atoms with Gasteiger partial charge in [0.25, 0.3) is 0 Å². The summed E-state index contributed by atoms with van der Waals surface area (Å²) in [5, 5.41) is 85.3. The Balaban J connectivity index is 0.989. The first-order valence-corrected chi connectivity index (χ1v) is 22.6. The maximum Gasteiger partial charge on any atom is 0.333 e. The van der Waals surface area contributed by atoms with E-state index in [1.165, 1.54) is 12.7 Å². The van der Waals surface area contributed by atoms with Gasteiger partial charge < -0.3 is 78.7 Å². The molecule has 3 saturated heterocycles. The van der Waals surface area contributed by atoms with Gasteiger partial charge in [-0.3, -0.25) is 4.79 Å². The molecule has 63 heavy (non-hydrogen) atoms. The third kappa shape index (κ3) is 8.63. The van der Waals surface area contributed by atoms with Crippen LogP contribution in [0.25, 0.3) is 0 Å². The first-order valence-electron chi connectivity index (χ1n) is 22.6. The van der Waals surface area contributed by atoms with Crippen LogP contribution < -0.4 is 0 Å². The molecule has 0 spiro atoms. The van der Waals surface area contributed by atoms with Crippen molar-refractivity contribution in [3.8, 4) is 0 Å². The fourth-order valence-electron chi connectivity index (χ4n) is 12.3. The van der Waals surface area contributed by atoms with E-state index in [1.54, 1.807) is 33.8 Å². The van der Waals surface area contributed by atoms with Gasteiger partial charge in [-0.05, 0) is 89.9 Å². The number of esters is 1. The summed E-state index contributed by atoms with van der Waals surface area (Å²) in [6, 6.07) is 0. The number of allylic oxidation sites excluding steroid dienone is 2. The molecule has 0 aromatic rings. The number of fused-ring (bicyclic) bond motifs is 5. The van der Waals surface area contributed by atoms with Crippen molar-refractivity contribution in [2.45, 2.75) is 197 Å². The molecular weight excluding hydrogens is 828 g/mol. The minimum absolute atomic E-state index is 0.00329. The van der Waals surface area contributed by atoms with Crippen LogP contribution in [0.15, 0.2) is 23.3 Å². The monoisotopic (exact) mass is 898 g/mol. The van der Waals surface area contributed by atoms with E-state index in [-0.39, 0.29) is 35.6 Å². The van der Waals surface area contributed by atoms with Crippen molar-refractivity contribution in [2.75, 3.05) is 20.3 Å². The molecular formula is C45H70O18. The molecule has 3 aliphatic heterocycles. The van der Waals surface area contributed by atoms with E-state index in [0.29, 0.717) is 44.1 Å². The normalized spacial score (nSPS) is 50.2. The number of methoxy groups -OCH3 is 1. The minimum atomic E-state index is -1.73. The zero-order valence-electron chi connectivity index (χ0n) is 37.4. The number of aliphatic hydroxyl groups is 8. The lowest BCUT2D eigenvalue weighted by molar-refractivity contribution is -0.354. The molecule has 3 saturated carbocycles. The fraction of sp³-hybridized carbons (Fsp3) is 0.867. The summed E-state index contributed by atoms with van der Waals surface area (Å²) in [6.45, 7) is 9.85. The Kier molecular flexibility index (Phi) is 14.7. The summed E-state index contributed by atoms with van der Waals surface area (Å²) < 4.78 is 48.1. The Morgan fingerprint density at radius 3 is 2.17 bits per heavy atom. The Bertz CT molecular complexity index is 1710. The van der Waals surface area contributed by atoms with Crippen LogP contribution in [0.4, 0.5) is 0 Å². The zero-order valence-corrected chi connectivity index (χ0v) is 37.4. The molecule has 7 rings (SSSR count). The first kappa shape index (κ1) is 48.9.